The minimum absolute atomic E-state index is 0.421. The molecule has 17 heavy (non-hydrogen) atoms. The highest BCUT2D eigenvalue weighted by atomic mass is 79.9. The van der Waals surface area contributed by atoms with Gasteiger partial charge in [-0.1, -0.05) is 6.42 Å². The largest absolute Gasteiger partial charge is 0.390 e. The van der Waals surface area contributed by atoms with E-state index in [-0.39, 0.29) is 0 Å². The van der Waals surface area contributed by atoms with Gasteiger partial charge in [0.2, 0.25) is 0 Å². The van der Waals surface area contributed by atoms with Crippen LogP contribution in [0.4, 0.5) is 0 Å². The lowest BCUT2D eigenvalue weighted by atomic mass is 9.74. The fraction of sp³-hybridized carbons (Fsp3) is 0.714. The summed E-state index contributed by atoms with van der Waals surface area (Å²) in [5.41, 5.74) is -0.421. The summed E-state index contributed by atoms with van der Waals surface area (Å²) < 4.78 is 1.15. The lowest BCUT2D eigenvalue weighted by molar-refractivity contribution is -0.0189. The Morgan fingerprint density at radius 3 is 2.82 bits per heavy atom. The van der Waals surface area contributed by atoms with Crippen molar-refractivity contribution < 1.29 is 5.11 Å². The summed E-state index contributed by atoms with van der Waals surface area (Å²) in [6.45, 7) is 0. The highest BCUT2D eigenvalue weighted by molar-refractivity contribution is 9.10. The second kappa shape index (κ2) is 4.67. The van der Waals surface area contributed by atoms with Gasteiger partial charge in [0.15, 0.2) is 0 Å². The van der Waals surface area contributed by atoms with Gasteiger partial charge in [0.1, 0.15) is 0 Å². The molecule has 3 heteroatoms. The molecule has 1 aromatic rings. The smallest absolute Gasteiger partial charge is 0.0698 e. The fourth-order valence-electron chi connectivity index (χ4n) is 3.29. The van der Waals surface area contributed by atoms with E-state index < -0.39 is 5.60 Å². The Morgan fingerprint density at radius 2 is 2.18 bits per heavy atom. The summed E-state index contributed by atoms with van der Waals surface area (Å²) in [5.74, 6) is 1.74. The lowest BCUT2D eigenvalue weighted by Gasteiger charge is -2.37. The van der Waals surface area contributed by atoms with Crippen molar-refractivity contribution in [3.8, 4) is 0 Å². The second-order valence-corrected chi connectivity index (χ2v) is 7.74. The predicted molar refractivity (Wildman–Crippen MR) is 75.4 cm³/mol. The van der Waals surface area contributed by atoms with Crippen molar-refractivity contribution in [2.75, 3.05) is 0 Å². The van der Waals surface area contributed by atoms with Crippen molar-refractivity contribution in [2.45, 2.75) is 50.5 Å². The van der Waals surface area contributed by atoms with Gasteiger partial charge in [0, 0.05) is 21.2 Å². The normalized spacial score (nSPS) is 33.9. The van der Waals surface area contributed by atoms with Crippen LogP contribution in [0, 0.1) is 11.8 Å². The SMILES string of the molecule is OC1(Cc2cc(Br)cs2)CCCC(C2CC2)C1. The van der Waals surface area contributed by atoms with Crippen LogP contribution in [0.1, 0.15) is 43.4 Å². The van der Waals surface area contributed by atoms with Gasteiger partial charge in [-0.15, -0.1) is 11.3 Å². The van der Waals surface area contributed by atoms with Gasteiger partial charge in [0.25, 0.3) is 0 Å². The number of rotatable bonds is 3. The molecule has 2 atom stereocenters. The van der Waals surface area contributed by atoms with E-state index in [1.54, 1.807) is 11.3 Å². The summed E-state index contributed by atoms with van der Waals surface area (Å²) in [7, 11) is 0. The maximum atomic E-state index is 10.8. The third kappa shape index (κ3) is 2.94. The molecule has 0 bridgehead atoms. The van der Waals surface area contributed by atoms with Gasteiger partial charge >= 0.3 is 0 Å². The standard InChI is InChI=1S/C14H19BrOS/c15-12-6-13(17-9-12)8-14(16)5-1-2-11(7-14)10-3-4-10/h6,9-11,16H,1-5,7-8H2. The average molecular weight is 315 g/mol. The Balaban J connectivity index is 1.67. The van der Waals surface area contributed by atoms with Gasteiger partial charge < -0.3 is 5.11 Å². The molecule has 0 radical (unpaired) electrons. The van der Waals surface area contributed by atoms with Crippen LogP contribution < -0.4 is 0 Å². The van der Waals surface area contributed by atoms with Crippen LogP contribution in [0.5, 0.6) is 0 Å². The van der Waals surface area contributed by atoms with Crippen LogP contribution in [0.15, 0.2) is 15.9 Å². The van der Waals surface area contributed by atoms with Crippen molar-refractivity contribution in [3.05, 3.63) is 20.8 Å². The zero-order valence-electron chi connectivity index (χ0n) is 9.99. The van der Waals surface area contributed by atoms with Crippen LogP contribution >= 0.6 is 27.3 Å². The first-order valence-corrected chi connectivity index (χ1v) is 8.27. The third-order valence-corrected chi connectivity index (χ3v) is 5.97. The summed E-state index contributed by atoms with van der Waals surface area (Å²) in [6.07, 6.45) is 8.26. The monoisotopic (exact) mass is 314 g/mol. The molecule has 1 aromatic heterocycles. The molecule has 94 valence electrons. The van der Waals surface area contributed by atoms with Gasteiger partial charge in [-0.3, -0.25) is 0 Å². The quantitative estimate of drug-likeness (QED) is 0.877. The van der Waals surface area contributed by atoms with Crippen molar-refractivity contribution >= 4 is 27.3 Å². The number of aliphatic hydroxyl groups is 1. The zero-order valence-corrected chi connectivity index (χ0v) is 12.4. The Bertz CT molecular complexity index is 399. The predicted octanol–water partition coefficient (Wildman–Crippen LogP) is 4.38. The average Bonchev–Trinajstić information content (AvgIpc) is 3.04. The maximum Gasteiger partial charge on any atom is 0.0698 e. The van der Waals surface area contributed by atoms with E-state index >= 15 is 0 Å². The lowest BCUT2D eigenvalue weighted by Crippen LogP contribution is -2.37. The van der Waals surface area contributed by atoms with Crippen LogP contribution in [-0.4, -0.2) is 10.7 Å². The summed E-state index contributed by atoms with van der Waals surface area (Å²) in [5, 5.41) is 12.9. The molecule has 2 unspecified atom stereocenters. The molecule has 0 aliphatic heterocycles. The van der Waals surface area contributed by atoms with Crippen LogP contribution in [0.2, 0.25) is 0 Å². The number of thiophene rings is 1. The summed E-state index contributed by atoms with van der Waals surface area (Å²) >= 11 is 5.25. The topological polar surface area (TPSA) is 20.2 Å². The van der Waals surface area contributed by atoms with E-state index in [2.05, 4.69) is 27.4 Å². The molecule has 1 N–H and O–H groups in total. The highest BCUT2D eigenvalue weighted by Crippen LogP contribution is 2.47. The van der Waals surface area contributed by atoms with Crippen molar-refractivity contribution in [2.24, 2.45) is 11.8 Å². The molecular formula is C14H19BrOS. The molecule has 3 rings (SSSR count). The first kappa shape index (κ1) is 12.2. The molecule has 0 aromatic carbocycles. The van der Waals surface area contributed by atoms with E-state index in [0.717, 1.165) is 35.6 Å². The summed E-state index contributed by atoms with van der Waals surface area (Å²) in [4.78, 5) is 1.32. The van der Waals surface area contributed by atoms with Gasteiger partial charge in [-0.05, 0) is 65.9 Å². The minimum Gasteiger partial charge on any atom is -0.390 e. The fourth-order valence-corrected chi connectivity index (χ4v) is 4.87. The van der Waals surface area contributed by atoms with Crippen LogP contribution in [-0.2, 0) is 6.42 Å². The van der Waals surface area contributed by atoms with E-state index in [1.165, 1.54) is 30.6 Å². The molecule has 2 aliphatic rings. The van der Waals surface area contributed by atoms with Gasteiger partial charge in [-0.2, -0.15) is 0 Å². The first-order chi connectivity index (χ1) is 8.15. The number of hydrogen-bond donors (Lipinski definition) is 1. The van der Waals surface area contributed by atoms with E-state index in [0.29, 0.717) is 0 Å². The van der Waals surface area contributed by atoms with Crippen molar-refractivity contribution in [1.82, 2.24) is 0 Å². The molecule has 2 aliphatic carbocycles. The Hall–Kier alpha value is 0.140. The second-order valence-electron chi connectivity index (χ2n) is 5.83. The van der Waals surface area contributed by atoms with E-state index in [1.807, 2.05) is 0 Å². The molecule has 1 heterocycles. The maximum absolute atomic E-state index is 10.8. The van der Waals surface area contributed by atoms with E-state index in [9.17, 15) is 5.11 Å². The Morgan fingerprint density at radius 1 is 1.35 bits per heavy atom. The van der Waals surface area contributed by atoms with E-state index in [4.69, 9.17) is 0 Å². The molecule has 0 saturated heterocycles. The minimum atomic E-state index is -0.421. The summed E-state index contributed by atoms with van der Waals surface area (Å²) in [6, 6.07) is 2.16. The van der Waals surface area contributed by atoms with Crippen LogP contribution in [0.25, 0.3) is 0 Å². The molecule has 0 spiro atoms. The van der Waals surface area contributed by atoms with Gasteiger partial charge in [-0.25, -0.2) is 0 Å². The van der Waals surface area contributed by atoms with Crippen molar-refractivity contribution in [3.63, 3.8) is 0 Å². The molecule has 2 saturated carbocycles. The van der Waals surface area contributed by atoms with Crippen LogP contribution in [0.3, 0.4) is 0 Å². The Kier molecular flexibility index (Phi) is 3.35. The number of halogens is 1. The Labute approximate surface area is 115 Å². The zero-order chi connectivity index (χ0) is 11.9. The molecule has 2 fully saturated rings. The first-order valence-electron chi connectivity index (χ1n) is 6.60. The molecular weight excluding hydrogens is 296 g/mol. The van der Waals surface area contributed by atoms with Gasteiger partial charge in [0.05, 0.1) is 5.60 Å². The third-order valence-electron chi connectivity index (χ3n) is 4.27. The molecule has 1 nitrogen and oxygen atoms in total. The molecule has 0 amide bonds. The van der Waals surface area contributed by atoms with Crippen molar-refractivity contribution in [1.29, 1.82) is 0 Å². The highest BCUT2D eigenvalue weighted by Gasteiger charge is 2.41. The number of hydrogen-bond acceptors (Lipinski definition) is 2.